The molecule has 1 aliphatic rings. The molecule has 0 bridgehead atoms. The summed E-state index contributed by atoms with van der Waals surface area (Å²) in [6.07, 6.45) is 2.76. The number of rotatable bonds is 7. The summed E-state index contributed by atoms with van der Waals surface area (Å²) < 4.78 is 0. The molecule has 0 unspecified atom stereocenters. The lowest BCUT2D eigenvalue weighted by Crippen LogP contribution is -2.33. The number of aryl methyl sites for hydroxylation is 2. The van der Waals surface area contributed by atoms with Gasteiger partial charge in [0.05, 0.1) is 0 Å². The van der Waals surface area contributed by atoms with E-state index in [1.54, 1.807) is 0 Å². The second-order valence-electron chi connectivity index (χ2n) is 5.61. The largest absolute Gasteiger partial charge is 0.507 e. The average Bonchev–Trinajstić information content (AvgIpc) is 3.20. The molecule has 0 spiro atoms. The molecule has 0 aliphatic heterocycles. The van der Waals surface area contributed by atoms with E-state index in [-0.39, 0.29) is 0 Å². The van der Waals surface area contributed by atoms with Gasteiger partial charge in [-0.1, -0.05) is 19.1 Å². The zero-order valence-electron chi connectivity index (χ0n) is 12.4. The summed E-state index contributed by atoms with van der Waals surface area (Å²) in [4.78, 5) is 2.56. The Morgan fingerprint density at radius 2 is 1.89 bits per heavy atom. The Morgan fingerprint density at radius 1 is 1.26 bits per heavy atom. The highest BCUT2D eigenvalue weighted by atomic mass is 16.3. The number of hydrogen-bond acceptors (Lipinski definition) is 3. The smallest absolute Gasteiger partial charge is 0.121 e. The van der Waals surface area contributed by atoms with E-state index in [0.717, 1.165) is 43.3 Å². The fourth-order valence-electron chi connectivity index (χ4n) is 2.64. The molecule has 3 nitrogen and oxygen atoms in total. The molecule has 0 amide bonds. The fraction of sp³-hybridized carbons (Fsp3) is 0.625. The minimum Gasteiger partial charge on any atom is -0.507 e. The number of likely N-dealkylation sites (N-methyl/N-ethyl adjacent to an activating group) is 1. The molecule has 0 heterocycles. The summed E-state index contributed by atoms with van der Waals surface area (Å²) >= 11 is 0. The molecular weight excluding hydrogens is 236 g/mol. The van der Waals surface area contributed by atoms with E-state index in [0.29, 0.717) is 5.75 Å². The van der Waals surface area contributed by atoms with Crippen molar-refractivity contribution < 1.29 is 5.11 Å². The Kier molecular flexibility index (Phi) is 4.83. The highest BCUT2D eigenvalue weighted by Gasteiger charge is 2.26. The summed E-state index contributed by atoms with van der Waals surface area (Å²) in [7, 11) is 0. The quantitative estimate of drug-likeness (QED) is 0.741. The first-order valence-corrected chi connectivity index (χ1v) is 7.35. The van der Waals surface area contributed by atoms with E-state index in [9.17, 15) is 5.11 Å². The lowest BCUT2D eigenvalue weighted by molar-refractivity contribution is 0.277. The van der Waals surface area contributed by atoms with Crippen LogP contribution in [-0.2, 0) is 6.54 Å². The third-order valence-electron chi connectivity index (χ3n) is 3.93. The van der Waals surface area contributed by atoms with Crippen molar-refractivity contribution in [2.45, 2.75) is 46.2 Å². The van der Waals surface area contributed by atoms with Gasteiger partial charge in [-0.05, 0) is 49.9 Å². The Labute approximate surface area is 116 Å². The predicted octanol–water partition coefficient (Wildman–Crippen LogP) is 2.58. The van der Waals surface area contributed by atoms with Gasteiger partial charge in [0.2, 0.25) is 0 Å². The summed E-state index contributed by atoms with van der Waals surface area (Å²) in [5.41, 5.74) is 3.18. The van der Waals surface area contributed by atoms with E-state index < -0.39 is 0 Å². The first kappa shape index (κ1) is 14.4. The van der Waals surface area contributed by atoms with Crippen molar-refractivity contribution in [3.05, 3.63) is 28.8 Å². The summed E-state index contributed by atoms with van der Waals surface area (Å²) in [6, 6.07) is 4.98. The van der Waals surface area contributed by atoms with Crippen molar-refractivity contribution in [3.63, 3.8) is 0 Å². The Morgan fingerprint density at radius 3 is 2.42 bits per heavy atom. The molecule has 0 radical (unpaired) electrons. The Bertz CT molecular complexity index is 404. The number of aromatic hydroxyl groups is 1. The van der Waals surface area contributed by atoms with Crippen LogP contribution in [0.15, 0.2) is 12.1 Å². The minimum atomic E-state index is 0.426. The van der Waals surface area contributed by atoms with Crippen LogP contribution in [0.4, 0.5) is 0 Å². The predicted molar refractivity (Wildman–Crippen MR) is 79.6 cm³/mol. The molecule has 2 N–H and O–H groups in total. The Hall–Kier alpha value is -1.06. The van der Waals surface area contributed by atoms with Crippen LogP contribution < -0.4 is 5.32 Å². The first-order chi connectivity index (χ1) is 9.11. The van der Waals surface area contributed by atoms with Gasteiger partial charge in [-0.15, -0.1) is 0 Å². The maximum atomic E-state index is 9.75. The first-order valence-electron chi connectivity index (χ1n) is 7.35. The third kappa shape index (κ3) is 3.95. The number of phenolic OH excluding ortho intramolecular Hbond substituents is 1. The van der Waals surface area contributed by atoms with Crippen molar-refractivity contribution in [2.24, 2.45) is 0 Å². The standard InChI is InChI=1S/C16H26N2O/c1-4-18(15-5-6-15)8-7-17-11-14-9-12(2)16(19)13(3)10-14/h9-10,15,17,19H,4-8,11H2,1-3H3. The van der Waals surface area contributed by atoms with Crippen LogP contribution in [-0.4, -0.2) is 35.7 Å². The van der Waals surface area contributed by atoms with Crippen molar-refractivity contribution in [1.29, 1.82) is 0 Å². The summed E-state index contributed by atoms with van der Waals surface area (Å²) in [5, 5.41) is 13.2. The lowest BCUT2D eigenvalue weighted by atomic mass is 10.1. The zero-order valence-corrected chi connectivity index (χ0v) is 12.4. The van der Waals surface area contributed by atoms with Gasteiger partial charge >= 0.3 is 0 Å². The molecule has 3 heteroatoms. The molecule has 0 atom stereocenters. The Balaban J connectivity index is 1.76. The zero-order chi connectivity index (χ0) is 13.8. The highest BCUT2D eigenvalue weighted by molar-refractivity contribution is 5.42. The van der Waals surface area contributed by atoms with Gasteiger partial charge in [-0.3, -0.25) is 4.90 Å². The van der Waals surface area contributed by atoms with Gasteiger partial charge in [0.15, 0.2) is 0 Å². The van der Waals surface area contributed by atoms with Gasteiger partial charge in [-0.2, -0.15) is 0 Å². The fourth-order valence-corrected chi connectivity index (χ4v) is 2.64. The molecule has 19 heavy (non-hydrogen) atoms. The van der Waals surface area contributed by atoms with Crippen molar-refractivity contribution >= 4 is 0 Å². The van der Waals surface area contributed by atoms with E-state index in [4.69, 9.17) is 0 Å². The molecule has 1 aliphatic carbocycles. The van der Waals surface area contributed by atoms with Gasteiger partial charge in [-0.25, -0.2) is 0 Å². The van der Waals surface area contributed by atoms with Crippen molar-refractivity contribution in [2.75, 3.05) is 19.6 Å². The van der Waals surface area contributed by atoms with Gasteiger partial charge < -0.3 is 10.4 Å². The molecular formula is C16H26N2O. The average molecular weight is 262 g/mol. The molecule has 2 rings (SSSR count). The van der Waals surface area contributed by atoms with Crippen LogP contribution >= 0.6 is 0 Å². The molecule has 0 saturated heterocycles. The van der Waals surface area contributed by atoms with Crippen LogP contribution in [0.1, 0.15) is 36.5 Å². The molecule has 106 valence electrons. The number of benzene rings is 1. The van der Waals surface area contributed by atoms with Crippen molar-refractivity contribution in [1.82, 2.24) is 10.2 Å². The maximum Gasteiger partial charge on any atom is 0.121 e. The van der Waals surface area contributed by atoms with Gasteiger partial charge in [0.1, 0.15) is 5.75 Å². The SMILES string of the molecule is CCN(CCNCc1cc(C)c(O)c(C)c1)C1CC1. The molecule has 1 fully saturated rings. The normalized spacial score (nSPS) is 15.2. The molecule has 1 aromatic rings. The summed E-state index contributed by atoms with van der Waals surface area (Å²) in [6.45, 7) is 10.4. The van der Waals surface area contributed by atoms with Crippen LogP contribution in [0.5, 0.6) is 5.75 Å². The topological polar surface area (TPSA) is 35.5 Å². The van der Waals surface area contributed by atoms with E-state index in [2.05, 4.69) is 29.3 Å². The molecule has 1 aromatic carbocycles. The maximum absolute atomic E-state index is 9.75. The van der Waals surface area contributed by atoms with E-state index in [1.807, 2.05) is 13.8 Å². The van der Waals surface area contributed by atoms with Crippen LogP contribution in [0, 0.1) is 13.8 Å². The lowest BCUT2D eigenvalue weighted by Gasteiger charge is -2.19. The van der Waals surface area contributed by atoms with Crippen LogP contribution in [0.2, 0.25) is 0 Å². The second kappa shape index (κ2) is 6.40. The number of nitrogens with one attached hydrogen (secondary N) is 1. The van der Waals surface area contributed by atoms with Crippen molar-refractivity contribution in [3.8, 4) is 5.75 Å². The monoisotopic (exact) mass is 262 g/mol. The molecule has 1 saturated carbocycles. The molecule has 0 aromatic heterocycles. The van der Waals surface area contributed by atoms with Crippen LogP contribution in [0.3, 0.4) is 0 Å². The van der Waals surface area contributed by atoms with Crippen LogP contribution in [0.25, 0.3) is 0 Å². The van der Waals surface area contributed by atoms with Gasteiger partial charge in [0.25, 0.3) is 0 Å². The summed E-state index contributed by atoms with van der Waals surface area (Å²) in [5.74, 6) is 0.426. The second-order valence-corrected chi connectivity index (χ2v) is 5.61. The van der Waals surface area contributed by atoms with E-state index >= 15 is 0 Å². The third-order valence-corrected chi connectivity index (χ3v) is 3.93. The van der Waals surface area contributed by atoms with Gasteiger partial charge in [0, 0.05) is 25.7 Å². The minimum absolute atomic E-state index is 0.426. The number of hydrogen-bond donors (Lipinski definition) is 2. The number of phenols is 1. The highest BCUT2D eigenvalue weighted by Crippen LogP contribution is 2.26. The number of nitrogens with zero attached hydrogens (tertiary/aromatic N) is 1. The van der Waals surface area contributed by atoms with E-state index in [1.165, 1.54) is 18.4 Å².